The number of nitrogens with two attached hydrogens (primary N) is 1. The van der Waals surface area contributed by atoms with E-state index in [0.29, 0.717) is 12.3 Å². The van der Waals surface area contributed by atoms with Crippen molar-refractivity contribution in [1.29, 1.82) is 0 Å². The van der Waals surface area contributed by atoms with Crippen molar-refractivity contribution in [3.05, 3.63) is 0 Å². The molecule has 4 heteroatoms. The zero-order valence-corrected chi connectivity index (χ0v) is 11.8. The largest absolute Gasteiger partial charge is 0.345 e. The first-order valence-corrected chi connectivity index (χ1v) is 7.20. The monoisotopic (exact) mass is 253 g/mol. The first-order chi connectivity index (χ1) is 8.48. The average molecular weight is 253 g/mol. The predicted molar refractivity (Wildman–Crippen MR) is 73.2 cm³/mol. The fourth-order valence-electron chi connectivity index (χ4n) is 3.36. The van der Waals surface area contributed by atoms with E-state index in [2.05, 4.69) is 11.9 Å². The van der Waals surface area contributed by atoms with Gasteiger partial charge < -0.3 is 15.5 Å². The van der Waals surface area contributed by atoms with Crippen LogP contribution in [0, 0.1) is 5.92 Å². The third-order valence-electron chi connectivity index (χ3n) is 4.55. The summed E-state index contributed by atoms with van der Waals surface area (Å²) in [6, 6.07) is 0. The number of carbonyl (C=O) groups is 1. The van der Waals surface area contributed by atoms with E-state index in [1.54, 1.807) is 0 Å². The maximum atomic E-state index is 12.2. The first-order valence-electron chi connectivity index (χ1n) is 7.20. The minimum atomic E-state index is -0.211. The molecule has 2 fully saturated rings. The summed E-state index contributed by atoms with van der Waals surface area (Å²) in [7, 11) is 4.08. The molecule has 2 N–H and O–H groups in total. The molecule has 0 aromatic heterocycles. The summed E-state index contributed by atoms with van der Waals surface area (Å²) in [6.07, 6.45) is 6.13. The summed E-state index contributed by atoms with van der Waals surface area (Å²) in [4.78, 5) is 16.4. The van der Waals surface area contributed by atoms with Crippen LogP contribution in [0.4, 0.5) is 0 Å². The van der Waals surface area contributed by atoms with Gasteiger partial charge in [0.15, 0.2) is 0 Å². The Bertz CT molecular complexity index is 299. The van der Waals surface area contributed by atoms with E-state index in [0.717, 1.165) is 32.5 Å². The SMILES string of the molecule is CN1CCC(CN(C)C(=O)CC2(N)CCCC2)C1. The fourth-order valence-corrected chi connectivity index (χ4v) is 3.36. The average Bonchev–Trinajstić information content (AvgIpc) is 2.88. The summed E-state index contributed by atoms with van der Waals surface area (Å²) in [5.74, 6) is 0.871. The molecule has 2 aliphatic rings. The van der Waals surface area contributed by atoms with Crippen molar-refractivity contribution < 1.29 is 4.79 Å². The van der Waals surface area contributed by atoms with Crippen molar-refractivity contribution in [2.24, 2.45) is 11.7 Å². The summed E-state index contributed by atoms with van der Waals surface area (Å²) >= 11 is 0. The minimum Gasteiger partial charge on any atom is -0.345 e. The van der Waals surface area contributed by atoms with Gasteiger partial charge in [0.2, 0.25) is 5.91 Å². The summed E-state index contributed by atoms with van der Waals surface area (Å²) < 4.78 is 0. The lowest BCUT2D eigenvalue weighted by atomic mass is 9.94. The molecule has 1 heterocycles. The molecule has 1 amide bonds. The Morgan fingerprint density at radius 1 is 1.44 bits per heavy atom. The van der Waals surface area contributed by atoms with Crippen molar-refractivity contribution in [1.82, 2.24) is 9.80 Å². The van der Waals surface area contributed by atoms with Gasteiger partial charge in [0.05, 0.1) is 0 Å². The quantitative estimate of drug-likeness (QED) is 0.815. The molecule has 0 spiro atoms. The maximum absolute atomic E-state index is 12.2. The summed E-state index contributed by atoms with van der Waals surface area (Å²) in [5.41, 5.74) is 6.06. The number of hydrogen-bond acceptors (Lipinski definition) is 3. The van der Waals surface area contributed by atoms with Gasteiger partial charge in [0.25, 0.3) is 0 Å². The number of nitrogens with zero attached hydrogens (tertiary/aromatic N) is 2. The zero-order valence-electron chi connectivity index (χ0n) is 11.8. The van der Waals surface area contributed by atoms with Crippen molar-refractivity contribution in [3.8, 4) is 0 Å². The predicted octanol–water partition coefficient (Wildman–Crippen LogP) is 1.06. The Kier molecular flexibility index (Phi) is 4.28. The molecule has 1 atom stereocenters. The molecule has 1 aliphatic heterocycles. The highest BCUT2D eigenvalue weighted by Crippen LogP contribution is 2.30. The second kappa shape index (κ2) is 5.57. The van der Waals surface area contributed by atoms with Crippen LogP contribution < -0.4 is 5.73 Å². The highest BCUT2D eigenvalue weighted by atomic mass is 16.2. The van der Waals surface area contributed by atoms with Gasteiger partial charge in [-0.25, -0.2) is 0 Å². The number of hydrogen-bond donors (Lipinski definition) is 1. The van der Waals surface area contributed by atoms with Gasteiger partial charge >= 0.3 is 0 Å². The molecule has 104 valence electrons. The van der Waals surface area contributed by atoms with E-state index in [4.69, 9.17) is 5.73 Å². The zero-order chi connectivity index (χ0) is 13.2. The summed E-state index contributed by atoms with van der Waals surface area (Å²) in [6.45, 7) is 3.16. The number of amides is 1. The van der Waals surface area contributed by atoms with Crippen LogP contribution in [-0.2, 0) is 4.79 Å². The van der Waals surface area contributed by atoms with Gasteiger partial charge in [-0.2, -0.15) is 0 Å². The standard InChI is InChI=1S/C14H27N3O/c1-16-8-5-12(10-16)11-17(2)13(18)9-14(15)6-3-4-7-14/h12H,3-11,15H2,1-2H3. The van der Waals surface area contributed by atoms with Crippen molar-refractivity contribution in [2.75, 3.05) is 33.7 Å². The van der Waals surface area contributed by atoms with E-state index >= 15 is 0 Å². The van der Waals surface area contributed by atoms with Gasteiger partial charge in [0.1, 0.15) is 0 Å². The van der Waals surface area contributed by atoms with Gasteiger partial charge in [0, 0.05) is 32.1 Å². The highest BCUT2D eigenvalue weighted by Gasteiger charge is 2.33. The lowest BCUT2D eigenvalue weighted by Crippen LogP contribution is -2.43. The van der Waals surface area contributed by atoms with Crippen LogP contribution in [0.2, 0.25) is 0 Å². The Labute approximate surface area is 110 Å². The van der Waals surface area contributed by atoms with Crippen LogP contribution in [0.15, 0.2) is 0 Å². The maximum Gasteiger partial charge on any atom is 0.224 e. The van der Waals surface area contributed by atoms with Crippen molar-refractivity contribution in [3.63, 3.8) is 0 Å². The Hall–Kier alpha value is -0.610. The molecular weight excluding hydrogens is 226 g/mol. The number of carbonyl (C=O) groups excluding carboxylic acids is 1. The Balaban J connectivity index is 1.77. The lowest BCUT2D eigenvalue weighted by molar-refractivity contribution is -0.131. The van der Waals surface area contributed by atoms with E-state index < -0.39 is 0 Å². The Morgan fingerprint density at radius 3 is 2.67 bits per heavy atom. The van der Waals surface area contributed by atoms with E-state index in [9.17, 15) is 4.79 Å². The van der Waals surface area contributed by atoms with Crippen LogP contribution in [0.25, 0.3) is 0 Å². The summed E-state index contributed by atoms with van der Waals surface area (Å²) in [5, 5.41) is 0. The molecule has 1 aliphatic carbocycles. The smallest absolute Gasteiger partial charge is 0.224 e. The van der Waals surface area contributed by atoms with Gasteiger partial charge in [-0.05, 0) is 38.8 Å². The molecule has 0 aromatic carbocycles. The molecule has 0 aromatic rings. The number of rotatable bonds is 4. The van der Waals surface area contributed by atoms with Crippen LogP contribution in [0.3, 0.4) is 0 Å². The lowest BCUT2D eigenvalue weighted by Gasteiger charge is -2.27. The van der Waals surface area contributed by atoms with Crippen LogP contribution in [0.1, 0.15) is 38.5 Å². The molecule has 1 saturated carbocycles. The van der Waals surface area contributed by atoms with Crippen molar-refractivity contribution in [2.45, 2.75) is 44.1 Å². The molecular formula is C14H27N3O. The normalized spacial score (nSPS) is 27.6. The number of likely N-dealkylation sites (tertiary alicyclic amines) is 1. The van der Waals surface area contributed by atoms with Gasteiger partial charge in [-0.3, -0.25) is 4.79 Å². The topological polar surface area (TPSA) is 49.6 Å². The third kappa shape index (κ3) is 3.45. The van der Waals surface area contributed by atoms with Gasteiger partial charge in [-0.15, -0.1) is 0 Å². The van der Waals surface area contributed by atoms with E-state index in [1.807, 2.05) is 11.9 Å². The van der Waals surface area contributed by atoms with Gasteiger partial charge in [-0.1, -0.05) is 12.8 Å². The van der Waals surface area contributed by atoms with E-state index in [-0.39, 0.29) is 11.4 Å². The van der Waals surface area contributed by atoms with Crippen LogP contribution in [0.5, 0.6) is 0 Å². The minimum absolute atomic E-state index is 0.211. The first kappa shape index (κ1) is 13.8. The molecule has 1 saturated heterocycles. The third-order valence-corrected chi connectivity index (χ3v) is 4.55. The molecule has 4 nitrogen and oxygen atoms in total. The molecule has 2 rings (SSSR count). The fraction of sp³-hybridized carbons (Fsp3) is 0.929. The highest BCUT2D eigenvalue weighted by molar-refractivity contribution is 5.77. The second-order valence-electron chi connectivity index (χ2n) is 6.44. The Morgan fingerprint density at radius 2 is 2.11 bits per heavy atom. The molecule has 0 bridgehead atoms. The molecule has 0 radical (unpaired) electrons. The second-order valence-corrected chi connectivity index (χ2v) is 6.44. The van der Waals surface area contributed by atoms with Crippen LogP contribution in [-0.4, -0.2) is 55.0 Å². The van der Waals surface area contributed by atoms with Crippen molar-refractivity contribution >= 4 is 5.91 Å². The molecule has 1 unspecified atom stereocenters. The molecule has 18 heavy (non-hydrogen) atoms. The van der Waals surface area contributed by atoms with E-state index in [1.165, 1.54) is 19.3 Å². The van der Waals surface area contributed by atoms with Crippen LogP contribution >= 0.6 is 0 Å².